The Morgan fingerprint density at radius 3 is 2.52 bits per heavy atom. The van der Waals surface area contributed by atoms with Crippen molar-refractivity contribution < 1.29 is 0 Å². The molecule has 5 aromatic rings. The van der Waals surface area contributed by atoms with E-state index in [4.69, 9.17) is 0 Å². The Bertz CT molecular complexity index is 1310. The molecular weight excluding hydrogens is 382 g/mol. The van der Waals surface area contributed by atoms with E-state index in [9.17, 15) is 0 Å². The molecule has 142 valence electrons. The predicted molar refractivity (Wildman–Crippen MR) is 111 cm³/mol. The molecule has 3 aromatic heterocycles. The molecule has 0 fully saturated rings. The molecule has 0 amide bonds. The lowest BCUT2D eigenvalue weighted by molar-refractivity contribution is 0.824. The highest BCUT2D eigenvalue weighted by Gasteiger charge is 2.17. The molecule has 0 bridgehead atoms. The minimum atomic E-state index is 0.549. The van der Waals surface area contributed by atoms with Gasteiger partial charge in [0.25, 0.3) is 5.78 Å². The van der Waals surface area contributed by atoms with E-state index in [1.165, 1.54) is 18.1 Å². The van der Waals surface area contributed by atoms with Crippen molar-refractivity contribution in [3.05, 3.63) is 78.4 Å². The Kier molecular flexibility index (Phi) is 4.33. The molecule has 3 heterocycles. The van der Waals surface area contributed by atoms with Crippen LogP contribution in [0.3, 0.4) is 0 Å². The molecule has 0 unspecified atom stereocenters. The number of fused-ring (bicyclic) bond motifs is 1. The number of benzene rings is 2. The molecule has 0 spiro atoms. The van der Waals surface area contributed by atoms with Crippen LogP contribution in [0.5, 0.6) is 0 Å². The van der Waals surface area contributed by atoms with Gasteiger partial charge in [0.2, 0.25) is 5.16 Å². The zero-order valence-electron chi connectivity index (χ0n) is 15.9. The second-order valence-corrected chi connectivity index (χ2v) is 7.56. The number of para-hydroxylation sites is 1. The first kappa shape index (κ1) is 17.6. The van der Waals surface area contributed by atoms with Gasteiger partial charge in [0.1, 0.15) is 17.2 Å². The van der Waals surface area contributed by atoms with Crippen molar-refractivity contribution in [2.45, 2.75) is 24.0 Å². The number of hydrogen-bond donors (Lipinski definition) is 0. The van der Waals surface area contributed by atoms with Gasteiger partial charge in [-0.25, -0.2) is 4.98 Å². The fourth-order valence-electron chi connectivity index (χ4n) is 3.21. The maximum atomic E-state index is 4.64. The Morgan fingerprint density at radius 1 is 0.897 bits per heavy atom. The second kappa shape index (κ2) is 7.14. The molecular formula is C21H17N7S. The SMILES string of the molecule is Cc1ccccc1-n1c(C)nnc1Sc1cc(-c2ccccc2)nc2ncnn12. The topological polar surface area (TPSA) is 73.8 Å². The zero-order valence-corrected chi connectivity index (χ0v) is 16.7. The van der Waals surface area contributed by atoms with Crippen LogP contribution in [-0.4, -0.2) is 34.3 Å². The van der Waals surface area contributed by atoms with Gasteiger partial charge in [-0.15, -0.1) is 10.2 Å². The van der Waals surface area contributed by atoms with Gasteiger partial charge in [-0.2, -0.15) is 14.6 Å². The summed E-state index contributed by atoms with van der Waals surface area (Å²) < 4.78 is 3.79. The van der Waals surface area contributed by atoms with Crippen molar-refractivity contribution in [2.75, 3.05) is 0 Å². The van der Waals surface area contributed by atoms with Crippen LogP contribution >= 0.6 is 11.8 Å². The summed E-state index contributed by atoms with van der Waals surface area (Å²) in [7, 11) is 0. The van der Waals surface area contributed by atoms with Crippen LogP contribution in [0, 0.1) is 13.8 Å². The van der Waals surface area contributed by atoms with Gasteiger partial charge in [-0.05, 0) is 43.3 Å². The second-order valence-electron chi connectivity index (χ2n) is 6.57. The average Bonchev–Trinajstić information content (AvgIpc) is 3.36. The number of nitrogens with zero attached hydrogens (tertiary/aromatic N) is 7. The molecule has 0 saturated carbocycles. The highest BCUT2D eigenvalue weighted by molar-refractivity contribution is 7.99. The summed E-state index contributed by atoms with van der Waals surface area (Å²) in [6.45, 7) is 4.04. The number of aryl methyl sites for hydroxylation is 2. The van der Waals surface area contributed by atoms with Gasteiger partial charge in [-0.3, -0.25) is 4.57 Å². The van der Waals surface area contributed by atoms with Crippen molar-refractivity contribution in [3.63, 3.8) is 0 Å². The molecule has 0 aliphatic heterocycles. The lowest BCUT2D eigenvalue weighted by Gasteiger charge is -2.12. The van der Waals surface area contributed by atoms with Gasteiger partial charge in [-0.1, -0.05) is 48.5 Å². The van der Waals surface area contributed by atoms with Crippen LogP contribution in [-0.2, 0) is 0 Å². The van der Waals surface area contributed by atoms with E-state index in [1.54, 1.807) is 4.52 Å². The summed E-state index contributed by atoms with van der Waals surface area (Å²) >= 11 is 1.49. The van der Waals surface area contributed by atoms with Crippen LogP contribution < -0.4 is 0 Å². The van der Waals surface area contributed by atoms with E-state index >= 15 is 0 Å². The summed E-state index contributed by atoms with van der Waals surface area (Å²) in [5, 5.41) is 14.7. The fourth-order valence-corrected chi connectivity index (χ4v) is 4.19. The Balaban J connectivity index is 1.64. The van der Waals surface area contributed by atoms with Crippen molar-refractivity contribution in [2.24, 2.45) is 0 Å². The van der Waals surface area contributed by atoms with Crippen molar-refractivity contribution in [3.8, 4) is 16.9 Å². The van der Waals surface area contributed by atoms with E-state index < -0.39 is 0 Å². The van der Waals surface area contributed by atoms with Gasteiger partial charge in [0.05, 0.1) is 11.4 Å². The summed E-state index contributed by atoms with van der Waals surface area (Å²) in [5.41, 5.74) is 4.08. The van der Waals surface area contributed by atoms with Crippen molar-refractivity contribution in [1.29, 1.82) is 0 Å². The highest BCUT2D eigenvalue weighted by Crippen LogP contribution is 2.32. The van der Waals surface area contributed by atoms with Gasteiger partial charge < -0.3 is 0 Å². The van der Waals surface area contributed by atoms with E-state index in [0.29, 0.717) is 5.78 Å². The van der Waals surface area contributed by atoms with Crippen molar-refractivity contribution in [1.82, 2.24) is 34.3 Å². The molecule has 0 radical (unpaired) electrons. The zero-order chi connectivity index (χ0) is 19.8. The number of hydrogen-bond acceptors (Lipinski definition) is 6. The van der Waals surface area contributed by atoms with Gasteiger partial charge in [0.15, 0.2) is 0 Å². The monoisotopic (exact) mass is 399 g/mol. The average molecular weight is 399 g/mol. The van der Waals surface area contributed by atoms with Gasteiger partial charge >= 0.3 is 0 Å². The molecule has 0 saturated heterocycles. The van der Waals surface area contributed by atoms with Crippen LogP contribution in [0.1, 0.15) is 11.4 Å². The first-order valence-corrected chi connectivity index (χ1v) is 9.94. The molecule has 29 heavy (non-hydrogen) atoms. The quantitative estimate of drug-likeness (QED) is 0.423. The minimum absolute atomic E-state index is 0.549. The molecule has 0 aliphatic rings. The summed E-state index contributed by atoms with van der Waals surface area (Å²) in [6, 6.07) is 20.3. The largest absolute Gasteiger partial charge is 0.274 e. The lowest BCUT2D eigenvalue weighted by Crippen LogP contribution is -2.03. The van der Waals surface area contributed by atoms with Crippen LogP contribution in [0.2, 0.25) is 0 Å². The first-order valence-electron chi connectivity index (χ1n) is 9.13. The Labute approximate surface area is 171 Å². The van der Waals surface area contributed by atoms with E-state index in [1.807, 2.05) is 55.5 Å². The highest BCUT2D eigenvalue weighted by atomic mass is 32.2. The Hall–Kier alpha value is -3.52. The van der Waals surface area contributed by atoms with E-state index in [-0.39, 0.29) is 0 Å². The third kappa shape index (κ3) is 3.17. The van der Waals surface area contributed by atoms with Crippen LogP contribution in [0.25, 0.3) is 22.7 Å². The van der Waals surface area contributed by atoms with Gasteiger partial charge in [0, 0.05) is 5.56 Å². The number of aromatic nitrogens is 7. The summed E-state index contributed by atoms with van der Waals surface area (Å²) in [4.78, 5) is 8.93. The molecule has 2 aromatic carbocycles. The molecule has 5 rings (SSSR count). The summed E-state index contributed by atoms with van der Waals surface area (Å²) in [6.07, 6.45) is 1.51. The molecule has 8 heteroatoms. The van der Waals surface area contributed by atoms with E-state index in [0.717, 1.165) is 38.5 Å². The third-order valence-corrected chi connectivity index (χ3v) is 5.58. The summed E-state index contributed by atoms with van der Waals surface area (Å²) in [5.74, 6) is 1.38. The van der Waals surface area contributed by atoms with Crippen LogP contribution in [0.4, 0.5) is 0 Å². The maximum absolute atomic E-state index is 4.64. The minimum Gasteiger partial charge on any atom is -0.274 e. The fraction of sp³-hybridized carbons (Fsp3) is 0.0952. The molecule has 7 nitrogen and oxygen atoms in total. The van der Waals surface area contributed by atoms with Crippen LogP contribution in [0.15, 0.2) is 77.2 Å². The Morgan fingerprint density at radius 2 is 1.69 bits per heavy atom. The lowest BCUT2D eigenvalue weighted by atomic mass is 10.1. The molecule has 0 atom stereocenters. The van der Waals surface area contributed by atoms with Crippen molar-refractivity contribution >= 4 is 17.5 Å². The predicted octanol–water partition coefficient (Wildman–Crippen LogP) is 4.14. The number of rotatable bonds is 4. The maximum Gasteiger partial charge on any atom is 0.253 e. The third-order valence-electron chi connectivity index (χ3n) is 4.64. The first-order chi connectivity index (χ1) is 14.2. The molecule has 0 aliphatic carbocycles. The normalized spacial score (nSPS) is 11.2. The molecule has 0 N–H and O–H groups in total. The smallest absolute Gasteiger partial charge is 0.253 e. The standard InChI is InChI=1S/C21H17N7S/c1-14-8-6-7-11-18(14)27-15(2)25-26-21(27)29-19-12-17(16-9-4-3-5-10-16)24-20-22-13-23-28(19)20/h3-13H,1-2H3. The van der Waals surface area contributed by atoms with E-state index in [2.05, 4.69) is 48.9 Å².